The van der Waals surface area contributed by atoms with E-state index in [2.05, 4.69) is 4.98 Å². The lowest BCUT2D eigenvalue weighted by Crippen LogP contribution is -2.07. The van der Waals surface area contributed by atoms with Crippen LogP contribution in [-0.4, -0.2) is 18.2 Å². The van der Waals surface area contributed by atoms with Gasteiger partial charge in [0.1, 0.15) is 23.5 Å². The Morgan fingerprint density at radius 3 is 2.64 bits per heavy atom. The van der Waals surface area contributed by atoms with E-state index in [-0.39, 0.29) is 28.6 Å². The second-order valence-corrected chi connectivity index (χ2v) is 5.13. The molecule has 1 fully saturated rings. The molecule has 0 amide bonds. The van der Waals surface area contributed by atoms with Gasteiger partial charge in [0.25, 0.3) is 0 Å². The summed E-state index contributed by atoms with van der Waals surface area (Å²) >= 11 is 0. The van der Waals surface area contributed by atoms with E-state index in [1.807, 2.05) is 6.07 Å². The molecule has 0 unspecified atom stereocenters. The molecule has 112 valence electrons. The molecule has 1 aromatic heterocycles. The summed E-state index contributed by atoms with van der Waals surface area (Å²) in [4.78, 5) is 4.00. The van der Waals surface area contributed by atoms with Crippen LogP contribution in [0.5, 0.6) is 0 Å². The standard InChI is InChI=1S/C16H13F2N3O/c17-12-2-1-3-13(18)15(12)14-6-10(9-4-5-22-8-9)11(7-19)16(20)21-14/h1-3,6,9H,4-5,8H2,(H2,20,21)/t9-/m1/s1. The number of nitrogen functional groups attached to an aromatic ring is 1. The van der Waals surface area contributed by atoms with Crippen molar-refractivity contribution in [2.45, 2.75) is 12.3 Å². The van der Waals surface area contributed by atoms with E-state index in [0.29, 0.717) is 18.8 Å². The van der Waals surface area contributed by atoms with Crippen molar-refractivity contribution in [3.05, 3.63) is 47.0 Å². The Morgan fingerprint density at radius 1 is 1.32 bits per heavy atom. The molecule has 6 heteroatoms. The molecule has 0 saturated carbocycles. The van der Waals surface area contributed by atoms with E-state index in [4.69, 9.17) is 10.5 Å². The lowest BCUT2D eigenvalue weighted by atomic mass is 9.93. The number of hydrogen-bond acceptors (Lipinski definition) is 4. The van der Waals surface area contributed by atoms with Gasteiger partial charge in [0.2, 0.25) is 0 Å². The van der Waals surface area contributed by atoms with E-state index in [1.54, 1.807) is 0 Å². The molecule has 22 heavy (non-hydrogen) atoms. The highest BCUT2D eigenvalue weighted by Crippen LogP contribution is 2.34. The molecule has 0 spiro atoms. The van der Waals surface area contributed by atoms with Gasteiger partial charge in [-0.05, 0) is 30.2 Å². The normalized spacial score (nSPS) is 17.4. The Balaban J connectivity index is 2.20. The molecule has 1 aliphatic rings. The first-order valence-corrected chi connectivity index (χ1v) is 6.84. The maximum atomic E-state index is 13.9. The number of nitriles is 1. The largest absolute Gasteiger partial charge is 0.383 e. The van der Waals surface area contributed by atoms with Crippen molar-refractivity contribution in [3.63, 3.8) is 0 Å². The smallest absolute Gasteiger partial charge is 0.142 e. The van der Waals surface area contributed by atoms with Crippen LogP contribution in [0.25, 0.3) is 11.3 Å². The van der Waals surface area contributed by atoms with Crippen LogP contribution in [-0.2, 0) is 4.74 Å². The second-order valence-electron chi connectivity index (χ2n) is 5.13. The topological polar surface area (TPSA) is 71.9 Å². The van der Waals surface area contributed by atoms with E-state index in [9.17, 15) is 14.0 Å². The SMILES string of the molecule is N#Cc1c([C@@H]2CCOC2)cc(-c2c(F)cccc2F)nc1N. The second kappa shape index (κ2) is 5.70. The number of aromatic nitrogens is 1. The van der Waals surface area contributed by atoms with Gasteiger partial charge in [0, 0.05) is 12.5 Å². The molecular weight excluding hydrogens is 288 g/mol. The fourth-order valence-corrected chi connectivity index (χ4v) is 2.68. The molecule has 1 atom stereocenters. The fourth-order valence-electron chi connectivity index (χ4n) is 2.68. The lowest BCUT2D eigenvalue weighted by molar-refractivity contribution is 0.194. The van der Waals surface area contributed by atoms with E-state index in [0.717, 1.165) is 18.6 Å². The van der Waals surface area contributed by atoms with Crippen molar-refractivity contribution >= 4 is 5.82 Å². The molecule has 0 aliphatic carbocycles. The highest BCUT2D eigenvalue weighted by Gasteiger charge is 2.25. The van der Waals surface area contributed by atoms with Crippen LogP contribution in [0.2, 0.25) is 0 Å². The van der Waals surface area contributed by atoms with Gasteiger partial charge in [-0.2, -0.15) is 5.26 Å². The fraction of sp³-hybridized carbons (Fsp3) is 0.250. The molecule has 3 rings (SSSR count). The number of anilines is 1. The number of pyridine rings is 1. The third-order valence-corrected chi connectivity index (χ3v) is 3.78. The molecule has 2 aromatic rings. The maximum absolute atomic E-state index is 13.9. The van der Waals surface area contributed by atoms with Crippen molar-refractivity contribution in [1.29, 1.82) is 5.26 Å². The minimum absolute atomic E-state index is 0.0199. The average Bonchev–Trinajstić information content (AvgIpc) is 3.00. The monoisotopic (exact) mass is 301 g/mol. The number of nitrogens with two attached hydrogens (primary N) is 1. The lowest BCUT2D eigenvalue weighted by Gasteiger charge is -2.14. The number of halogens is 2. The minimum Gasteiger partial charge on any atom is -0.383 e. The quantitative estimate of drug-likeness (QED) is 0.925. The Kier molecular flexibility index (Phi) is 3.73. The van der Waals surface area contributed by atoms with Crippen molar-refractivity contribution in [2.24, 2.45) is 0 Å². The zero-order valence-electron chi connectivity index (χ0n) is 11.6. The molecule has 1 aromatic carbocycles. The summed E-state index contributed by atoms with van der Waals surface area (Å²) < 4.78 is 33.2. The van der Waals surface area contributed by atoms with Crippen molar-refractivity contribution in [3.8, 4) is 17.3 Å². The van der Waals surface area contributed by atoms with Crippen LogP contribution in [0, 0.1) is 23.0 Å². The third-order valence-electron chi connectivity index (χ3n) is 3.78. The highest BCUT2D eigenvalue weighted by atomic mass is 19.1. The Hall–Kier alpha value is -2.52. The van der Waals surface area contributed by atoms with Crippen molar-refractivity contribution in [2.75, 3.05) is 18.9 Å². The first-order chi connectivity index (χ1) is 10.6. The van der Waals surface area contributed by atoms with Gasteiger partial charge in [-0.15, -0.1) is 0 Å². The number of ether oxygens (including phenoxy) is 1. The van der Waals surface area contributed by atoms with E-state index in [1.165, 1.54) is 12.1 Å². The summed E-state index contributed by atoms with van der Waals surface area (Å²) in [5.41, 5.74) is 6.55. The predicted octanol–water partition coefficient (Wildman–Crippen LogP) is 2.98. The number of benzene rings is 1. The minimum atomic E-state index is -0.717. The van der Waals surface area contributed by atoms with Crippen LogP contribution in [0.1, 0.15) is 23.5 Å². The Bertz CT molecular complexity index is 744. The van der Waals surface area contributed by atoms with Crippen molar-refractivity contribution < 1.29 is 13.5 Å². The van der Waals surface area contributed by atoms with E-state index >= 15 is 0 Å². The molecule has 1 saturated heterocycles. The molecular formula is C16H13F2N3O. The van der Waals surface area contributed by atoms with Crippen LogP contribution in [0.3, 0.4) is 0 Å². The predicted molar refractivity (Wildman–Crippen MR) is 76.9 cm³/mol. The number of rotatable bonds is 2. The zero-order chi connectivity index (χ0) is 15.7. The molecule has 0 bridgehead atoms. The molecule has 1 aliphatic heterocycles. The Labute approximate surface area is 126 Å². The Morgan fingerprint density at radius 2 is 2.05 bits per heavy atom. The molecule has 4 nitrogen and oxygen atoms in total. The van der Waals surface area contributed by atoms with Crippen LogP contribution in [0.15, 0.2) is 24.3 Å². The first-order valence-electron chi connectivity index (χ1n) is 6.84. The zero-order valence-corrected chi connectivity index (χ0v) is 11.6. The van der Waals surface area contributed by atoms with Crippen LogP contribution >= 0.6 is 0 Å². The van der Waals surface area contributed by atoms with E-state index < -0.39 is 11.6 Å². The van der Waals surface area contributed by atoms with Crippen LogP contribution in [0.4, 0.5) is 14.6 Å². The number of hydrogen-bond donors (Lipinski definition) is 1. The van der Waals surface area contributed by atoms with Crippen molar-refractivity contribution in [1.82, 2.24) is 4.98 Å². The van der Waals surface area contributed by atoms with Gasteiger partial charge in [-0.1, -0.05) is 6.07 Å². The molecule has 2 heterocycles. The van der Waals surface area contributed by atoms with Gasteiger partial charge in [-0.3, -0.25) is 0 Å². The third kappa shape index (κ3) is 2.40. The average molecular weight is 301 g/mol. The van der Waals surface area contributed by atoms with Gasteiger partial charge in [-0.25, -0.2) is 13.8 Å². The number of nitrogens with zero attached hydrogens (tertiary/aromatic N) is 2. The summed E-state index contributed by atoms with van der Waals surface area (Å²) in [6, 6.07) is 7.16. The van der Waals surface area contributed by atoms with Gasteiger partial charge >= 0.3 is 0 Å². The molecule has 2 N–H and O–H groups in total. The summed E-state index contributed by atoms with van der Waals surface area (Å²) in [7, 11) is 0. The van der Waals surface area contributed by atoms with Gasteiger partial charge in [0.05, 0.1) is 23.4 Å². The first kappa shape index (κ1) is 14.4. The molecule has 0 radical (unpaired) electrons. The summed E-state index contributed by atoms with van der Waals surface area (Å²) in [6.07, 6.45) is 0.733. The van der Waals surface area contributed by atoms with Crippen LogP contribution < -0.4 is 5.73 Å². The van der Waals surface area contributed by atoms with Gasteiger partial charge in [0.15, 0.2) is 0 Å². The summed E-state index contributed by atoms with van der Waals surface area (Å²) in [6.45, 7) is 1.04. The summed E-state index contributed by atoms with van der Waals surface area (Å²) in [5.74, 6) is -1.48. The highest BCUT2D eigenvalue weighted by molar-refractivity contribution is 5.67. The van der Waals surface area contributed by atoms with Gasteiger partial charge < -0.3 is 10.5 Å². The maximum Gasteiger partial charge on any atom is 0.142 e. The summed E-state index contributed by atoms with van der Waals surface area (Å²) in [5, 5.41) is 9.27.